The number of fused-ring (bicyclic) bond motifs is 1. The van der Waals surface area contributed by atoms with Crippen LogP contribution in [0.1, 0.15) is 17.0 Å². The molecule has 0 radical (unpaired) electrons. The molecule has 0 spiro atoms. The summed E-state index contributed by atoms with van der Waals surface area (Å²) in [6.07, 6.45) is 0. The molecule has 21 heavy (non-hydrogen) atoms. The van der Waals surface area contributed by atoms with Crippen LogP contribution in [0.2, 0.25) is 5.02 Å². The standard InChI is InChI=1S/C16H17ClN4/c1-10-16(17)11(2)21(20-10)15-8-12(9-18-3)13-6-4-5-7-14(13)19-15/h4-8,18H,9H2,1-3H3. The quantitative estimate of drug-likeness (QED) is 0.806. The lowest BCUT2D eigenvalue weighted by atomic mass is 10.1. The van der Waals surface area contributed by atoms with Crippen LogP contribution in [-0.4, -0.2) is 21.8 Å². The molecule has 2 heterocycles. The maximum absolute atomic E-state index is 6.24. The minimum absolute atomic E-state index is 0.695. The summed E-state index contributed by atoms with van der Waals surface area (Å²) in [6, 6.07) is 10.2. The van der Waals surface area contributed by atoms with Crippen molar-refractivity contribution in [2.75, 3.05) is 7.05 Å². The molecule has 1 N–H and O–H groups in total. The summed E-state index contributed by atoms with van der Waals surface area (Å²) in [6.45, 7) is 4.64. The zero-order valence-electron chi connectivity index (χ0n) is 12.3. The number of benzene rings is 1. The Morgan fingerprint density at radius 3 is 2.67 bits per heavy atom. The fourth-order valence-electron chi connectivity index (χ4n) is 2.52. The van der Waals surface area contributed by atoms with Gasteiger partial charge in [-0.05, 0) is 38.6 Å². The average Bonchev–Trinajstić information content (AvgIpc) is 2.75. The third-order valence-corrected chi connectivity index (χ3v) is 4.12. The number of nitrogens with one attached hydrogen (secondary N) is 1. The van der Waals surface area contributed by atoms with E-state index < -0.39 is 0 Å². The van der Waals surface area contributed by atoms with Crippen molar-refractivity contribution >= 4 is 22.5 Å². The van der Waals surface area contributed by atoms with E-state index in [0.717, 1.165) is 34.7 Å². The fourth-order valence-corrected chi connectivity index (χ4v) is 2.64. The number of halogens is 1. The van der Waals surface area contributed by atoms with E-state index in [2.05, 4.69) is 22.5 Å². The molecule has 2 aromatic heterocycles. The number of aryl methyl sites for hydroxylation is 1. The number of aromatic nitrogens is 3. The molecule has 4 nitrogen and oxygen atoms in total. The second-order valence-corrected chi connectivity index (χ2v) is 5.46. The summed E-state index contributed by atoms with van der Waals surface area (Å²) in [5.74, 6) is 0.798. The highest BCUT2D eigenvalue weighted by Gasteiger charge is 2.13. The van der Waals surface area contributed by atoms with Gasteiger partial charge in [-0.2, -0.15) is 5.10 Å². The molecule has 0 saturated heterocycles. The molecule has 5 heteroatoms. The lowest BCUT2D eigenvalue weighted by molar-refractivity contribution is 0.793. The zero-order chi connectivity index (χ0) is 15.0. The zero-order valence-corrected chi connectivity index (χ0v) is 13.1. The highest BCUT2D eigenvalue weighted by atomic mass is 35.5. The smallest absolute Gasteiger partial charge is 0.154 e. The van der Waals surface area contributed by atoms with Crippen LogP contribution in [0, 0.1) is 13.8 Å². The molecule has 0 aliphatic carbocycles. The third-order valence-electron chi connectivity index (χ3n) is 3.58. The molecular formula is C16H17ClN4. The van der Waals surface area contributed by atoms with Crippen LogP contribution < -0.4 is 5.32 Å². The molecule has 0 bridgehead atoms. The molecule has 0 fully saturated rings. The van der Waals surface area contributed by atoms with E-state index >= 15 is 0 Å². The largest absolute Gasteiger partial charge is 0.316 e. The van der Waals surface area contributed by atoms with E-state index in [1.54, 1.807) is 0 Å². The predicted octanol–water partition coefficient (Wildman–Crippen LogP) is 3.41. The minimum Gasteiger partial charge on any atom is -0.316 e. The van der Waals surface area contributed by atoms with Gasteiger partial charge in [0, 0.05) is 11.9 Å². The van der Waals surface area contributed by atoms with E-state index in [0.29, 0.717) is 5.02 Å². The normalized spacial score (nSPS) is 11.2. The molecule has 0 amide bonds. The van der Waals surface area contributed by atoms with Crippen molar-refractivity contribution in [3.63, 3.8) is 0 Å². The number of hydrogen-bond acceptors (Lipinski definition) is 3. The molecule has 108 valence electrons. The van der Waals surface area contributed by atoms with Crippen molar-refractivity contribution in [3.05, 3.63) is 52.3 Å². The maximum Gasteiger partial charge on any atom is 0.154 e. The van der Waals surface area contributed by atoms with Gasteiger partial charge in [0.25, 0.3) is 0 Å². The first kappa shape index (κ1) is 14.0. The van der Waals surface area contributed by atoms with E-state index in [4.69, 9.17) is 16.6 Å². The van der Waals surface area contributed by atoms with Crippen LogP contribution >= 0.6 is 11.6 Å². The van der Waals surface area contributed by atoms with Gasteiger partial charge in [0.15, 0.2) is 5.82 Å². The first-order chi connectivity index (χ1) is 10.1. The van der Waals surface area contributed by atoms with Crippen LogP contribution in [0.25, 0.3) is 16.7 Å². The predicted molar refractivity (Wildman–Crippen MR) is 86.1 cm³/mol. The van der Waals surface area contributed by atoms with Gasteiger partial charge in [0.1, 0.15) is 0 Å². The van der Waals surface area contributed by atoms with Crippen LogP contribution in [-0.2, 0) is 6.54 Å². The summed E-state index contributed by atoms with van der Waals surface area (Å²) >= 11 is 6.24. The van der Waals surface area contributed by atoms with Crippen molar-refractivity contribution in [1.29, 1.82) is 0 Å². The van der Waals surface area contributed by atoms with Crippen molar-refractivity contribution in [3.8, 4) is 5.82 Å². The number of para-hydroxylation sites is 1. The van der Waals surface area contributed by atoms with Gasteiger partial charge in [0.2, 0.25) is 0 Å². The topological polar surface area (TPSA) is 42.7 Å². The van der Waals surface area contributed by atoms with Crippen molar-refractivity contribution < 1.29 is 0 Å². The van der Waals surface area contributed by atoms with Gasteiger partial charge in [0.05, 0.1) is 21.9 Å². The Balaban J connectivity index is 2.25. The fraction of sp³-hybridized carbons (Fsp3) is 0.250. The van der Waals surface area contributed by atoms with E-state index in [1.807, 2.05) is 43.8 Å². The number of hydrogen-bond donors (Lipinski definition) is 1. The lowest BCUT2D eigenvalue weighted by Crippen LogP contribution is -2.09. The van der Waals surface area contributed by atoms with Crippen LogP contribution in [0.4, 0.5) is 0 Å². The summed E-state index contributed by atoms with van der Waals surface area (Å²) in [7, 11) is 1.94. The first-order valence-electron chi connectivity index (χ1n) is 6.87. The van der Waals surface area contributed by atoms with Gasteiger partial charge in [-0.1, -0.05) is 29.8 Å². The van der Waals surface area contributed by atoms with Gasteiger partial charge >= 0.3 is 0 Å². The number of rotatable bonds is 3. The Hall–Kier alpha value is -1.91. The molecule has 0 unspecified atom stereocenters. The number of nitrogens with zero attached hydrogens (tertiary/aromatic N) is 3. The molecule has 1 aromatic carbocycles. The van der Waals surface area contributed by atoms with Crippen LogP contribution in [0.5, 0.6) is 0 Å². The highest BCUT2D eigenvalue weighted by molar-refractivity contribution is 6.31. The summed E-state index contributed by atoms with van der Waals surface area (Å²) in [5, 5.41) is 9.54. The average molecular weight is 301 g/mol. The Kier molecular flexibility index (Phi) is 3.66. The Morgan fingerprint density at radius 2 is 2.00 bits per heavy atom. The molecule has 0 atom stereocenters. The van der Waals surface area contributed by atoms with Gasteiger partial charge in [-0.25, -0.2) is 9.67 Å². The first-order valence-corrected chi connectivity index (χ1v) is 7.25. The summed E-state index contributed by atoms with van der Waals surface area (Å²) < 4.78 is 1.81. The molecule has 0 aliphatic heterocycles. The second-order valence-electron chi connectivity index (χ2n) is 5.08. The van der Waals surface area contributed by atoms with Crippen LogP contribution in [0.3, 0.4) is 0 Å². The van der Waals surface area contributed by atoms with Crippen molar-refractivity contribution in [2.45, 2.75) is 20.4 Å². The summed E-state index contributed by atoms with van der Waals surface area (Å²) in [5.41, 5.74) is 3.89. The van der Waals surface area contributed by atoms with Crippen molar-refractivity contribution in [2.24, 2.45) is 0 Å². The molecule has 0 saturated carbocycles. The molecule has 3 rings (SSSR count). The molecule has 3 aromatic rings. The van der Waals surface area contributed by atoms with Crippen molar-refractivity contribution in [1.82, 2.24) is 20.1 Å². The van der Waals surface area contributed by atoms with E-state index in [9.17, 15) is 0 Å². The summed E-state index contributed by atoms with van der Waals surface area (Å²) in [4.78, 5) is 4.72. The monoisotopic (exact) mass is 300 g/mol. The maximum atomic E-state index is 6.24. The Bertz CT molecular complexity index is 807. The van der Waals surface area contributed by atoms with Gasteiger partial charge in [-0.3, -0.25) is 0 Å². The minimum atomic E-state index is 0.695. The Morgan fingerprint density at radius 1 is 1.24 bits per heavy atom. The van der Waals surface area contributed by atoms with Gasteiger partial charge < -0.3 is 5.32 Å². The van der Waals surface area contributed by atoms with E-state index in [-0.39, 0.29) is 0 Å². The van der Waals surface area contributed by atoms with Gasteiger partial charge in [-0.15, -0.1) is 0 Å². The third kappa shape index (κ3) is 2.41. The van der Waals surface area contributed by atoms with E-state index in [1.165, 1.54) is 5.56 Å². The van der Waals surface area contributed by atoms with Crippen LogP contribution in [0.15, 0.2) is 30.3 Å². The highest BCUT2D eigenvalue weighted by Crippen LogP contribution is 2.24. The SMILES string of the molecule is CNCc1cc(-n2nc(C)c(Cl)c2C)nc2ccccc12. The lowest BCUT2D eigenvalue weighted by Gasteiger charge is -2.10. The second kappa shape index (κ2) is 5.47. The molecular weight excluding hydrogens is 284 g/mol. The molecule has 0 aliphatic rings. The number of pyridine rings is 1. The Labute approximate surface area is 128 Å².